The first-order valence-corrected chi connectivity index (χ1v) is 6.71. The van der Waals surface area contributed by atoms with Crippen LogP contribution in [-0.2, 0) is 6.42 Å². The van der Waals surface area contributed by atoms with Crippen LogP contribution in [0, 0.1) is 30.6 Å². The minimum absolute atomic E-state index is 0.0168. The van der Waals surface area contributed by atoms with Crippen molar-refractivity contribution in [1.82, 2.24) is 4.90 Å². The Morgan fingerprint density at radius 1 is 1.33 bits per heavy atom. The van der Waals surface area contributed by atoms with E-state index in [-0.39, 0.29) is 5.41 Å². The van der Waals surface area contributed by atoms with Crippen LogP contribution in [0.2, 0.25) is 0 Å². The summed E-state index contributed by atoms with van der Waals surface area (Å²) in [5.41, 5.74) is 4.11. The molecule has 1 saturated carbocycles. The number of hydrogen-bond acceptors (Lipinski definition) is 2. The van der Waals surface area contributed by atoms with Crippen molar-refractivity contribution < 1.29 is 0 Å². The number of rotatable bonds is 5. The molecule has 0 saturated heterocycles. The number of nitriles is 1. The van der Waals surface area contributed by atoms with Crippen LogP contribution in [0.4, 0.5) is 0 Å². The lowest BCUT2D eigenvalue weighted by molar-refractivity contribution is 0.297. The summed E-state index contributed by atoms with van der Waals surface area (Å²) in [6.45, 7) is 6.27. The van der Waals surface area contributed by atoms with Gasteiger partial charge in [0.25, 0.3) is 0 Å². The quantitative estimate of drug-likeness (QED) is 0.793. The highest BCUT2D eigenvalue weighted by Gasteiger charge is 2.43. The van der Waals surface area contributed by atoms with E-state index >= 15 is 0 Å². The SMILES string of the molecule is Cc1ccc(CCN(C)CC2(C#N)CC2)c(C)c1. The van der Waals surface area contributed by atoms with Crippen LogP contribution in [0.25, 0.3) is 0 Å². The number of likely N-dealkylation sites (N-methyl/N-ethyl adjacent to an activating group) is 1. The molecule has 1 aromatic carbocycles. The molecule has 1 aromatic rings. The zero-order valence-corrected chi connectivity index (χ0v) is 11.7. The second-order valence-electron chi connectivity index (χ2n) is 5.81. The third kappa shape index (κ3) is 3.11. The van der Waals surface area contributed by atoms with E-state index in [1.807, 2.05) is 0 Å². The van der Waals surface area contributed by atoms with E-state index in [0.29, 0.717) is 0 Å². The van der Waals surface area contributed by atoms with Gasteiger partial charge in [0.15, 0.2) is 0 Å². The topological polar surface area (TPSA) is 27.0 Å². The highest BCUT2D eigenvalue weighted by atomic mass is 15.1. The van der Waals surface area contributed by atoms with E-state index in [0.717, 1.165) is 32.4 Å². The van der Waals surface area contributed by atoms with Crippen molar-refractivity contribution in [1.29, 1.82) is 5.26 Å². The molecule has 2 rings (SSSR count). The van der Waals surface area contributed by atoms with E-state index in [1.165, 1.54) is 16.7 Å². The van der Waals surface area contributed by atoms with Gasteiger partial charge in [-0.15, -0.1) is 0 Å². The Morgan fingerprint density at radius 2 is 2.06 bits per heavy atom. The molecule has 0 heterocycles. The zero-order valence-electron chi connectivity index (χ0n) is 11.7. The summed E-state index contributed by atoms with van der Waals surface area (Å²) in [6.07, 6.45) is 3.24. The van der Waals surface area contributed by atoms with Crippen LogP contribution in [0.5, 0.6) is 0 Å². The maximum Gasteiger partial charge on any atom is 0.0703 e. The van der Waals surface area contributed by atoms with Gasteiger partial charge in [-0.2, -0.15) is 5.26 Å². The fourth-order valence-electron chi connectivity index (χ4n) is 2.49. The Morgan fingerprint density at radius 3 is 2.61 bits per heavy atom. The molecule has 0 atom stereocenters. The normalized spacial score (nSPS) is 16.6. The number of nitrogens with zero attached hydrogens (tertiary/aromatic N) is 2. The molecule has 0 spiro atoms. The van der Waals surface area contributed by atoms with Gasteiger partial charge in [0.1, 0.15) is 0 Å². The van der Waals surface area contributed by atoms with E-state index in [1.54, 1.807) is 0 Å². The summed E-state index contributed by atoms with van der Waals surface area (Å²) in [5.74, 6) is 0. The Hall–Kier alpha value is -1.33. The van der Waals surface area contributed by atoms with Gasteiger partial charge in [0.2, 0.25) is 0 Å². The minimum atomic E-state index is -0.0168. The molecular formula is C16H22N2. The smallest absolute Gasteiger partial charge is 0.0703 e. The maximum absolute atomic E-state index is 9.09. The third-order valence-corrected chi connectivity index (χ3v) is 3.92. The van der Waals surface area contributed by atoms with Crippen molar-refractivity contribution in [2.24, 2.45) is 5.41 Å². The molecule has 0 aliphatic heterocycles. The van der Waals surface area contributed by atoms with E-state index < -0.39 is 0 Å². The first kappa shape index (κ1) is 13.1. The summed E-state index contributed by atoms with van der Waals surface area (Å²) in [5, 5.41) is 9.09. The molecule has 18 heavy (non-hydrogen) atoms. The summed E-state index contributed by atoms with van der Waals surface area (Å²) in [4.78, 5) is 2.30. The van der Waals surface area contributed by atoms with Gasteiger partial charge in [-0.25, -0.2) is 0 Å². The largest absolute Gasteiger partial charge is 0.304 e. The third-order valence-electron chi connectivity index (χ3n) is 3.92. The number of hydrogen-bond donors (Lipinski definition) is 0. The molecule has 1 fully saturated rings. The fraction of sp³-hybridized carbons (Fsp3) is 0.562. The average Bonchev–Trinajstić information content (AvgIpc) is 3.08. The lowest BCUT2D eigenvalue weighted by atomic mass is 10.0. The van der Waals surface area contributed by atoms with Crippen molar-refractivity contribution in [3.8, 4) is 6.07 Å². The predicted molar refractivity (Wildman–Crippen MR) is 74.4 cm³/mol. The van der Waals surface area contributed by atoms with E-state index in [2.05, 4.69) is 50.1 Å². The van der Waals surface area contributed by atoms with Gasteiger partial charge in [-0.1, -0.05) is 23.8 Å². The highest BCUT2D eigenvalue weighted by Crippen LogP contribution is 2.45. The van der Waals surface area contributed by atoms with Crippen LogP contribution < -0.4 is 0 Å². The summed E-state index contributed by atoms with van der Waals surface area (Å²) in [6, 6.07) is 9.11. The van der Waals surface area contributed by atoms with Gasteiger partial charge < -0.3 is 4.90 Å². The van der Waals surface area contributed by atoms with Gasteiger partial charge in [0, 0.05) is 13.1 Å². The Labute approximate surface area is 110 Å². The second-order valence-corrected chi connectivity index (χ2v) is 5.81. The van der Waals surface area contributed by atoms with Crippen LogP contribution in [0.3, 0.4) is 0 Å². The summed E-state index contributed by atoms with van der Waals surface area (Å²) in [7, 11) is 2.13. The van der Waals surface area contributed by atoms with Gasteiger partial charge in [-0.05, 0) is 51.3 Å². The van der Waals surface area contributed by atoms with Crippen molar-refractivity contribution in [3.05, 3.63) is 34.9 Å². The molecule has 0 amide bonds. The van der Waals surface area contributed by atoms with E-state index in [4.69, 9.17) is 5.26 Å². The molecule has 0 aromatic heterocycles. The second kappa shape index (κ2) is 5.12. The molecule has 0 bridgehead atoms. The first-order valence-electron chi connectivity index (χ1n) is 6.71. The predicted octanol–water partition coefficient (Wildman–Crippen LogP) is 3.08. The summed E-state index contributed by atoms with van der Waals surface area (Å²) >= 11 is 0. The molecule has 0 radical (unpaired) electrons. The molecular weight excluding hydrogens is 220 g/mol. The molecule has 1 aliphatic carbocycles. The van der Waals surface area contributed by atoms with Crippen molar-refractivity contribution >= 4 is 0 Å². The Balaban J connectivity index is 1.86. The van der Waals surface area contributed by atoms with Gasteiger partial charge in [-0.3, -0.25) is 0 Å². The Bertz CT molecular complexity index is 466. The van der Waals surface area contributed by atoms with Crippen LogP contribution >= 0.6 is 0 Å². The van der Waals surface area contributed by atoms with E-state index in [9.17, 15) is 0 Å². The standard InChI is InChI=1S/C16H22N2/c1-13-4-5-15(14(2)10-13)6-9-18(3)12-16(11-17)7-8-16/h4-5,10H,6-9,12H2,1-3H3. The van der Waals surface area contributed by atoms with Crippen molar-refractivity contribution in [2.75, 3.05) is 20.1 Å². The van der Waals surface area contributed by atoms with Crippen LogP contribution in [0.15, 0.2) is 18.2 Å². The fourth-order valence-corrected chi connectivity index (χ4v) is 2.49. The average molecular weight is 242 g/mol. The van der Waals surface area contributed by atoms with Crippen molar-refractivity contribution in [2.45, 2.75) is 33.1 Å². The molecule has 1 aliphatic rings. The number of aryl methyl sites for hydroxylation is 2. The maximum atomic E-state index is 9.09. The molecule has 2 nitrogen and oxygen atoms in total. The lowest BCUT2D eigenvalue weighted by Gasteiger charge is -2.19. The minimum Gasteiger partial charge on any atom is -0.304 e. The van der Waals surface area contributed by atoms with Gasteiger partial charge in [0.05, 0.1) is 11.5 Å². The molecule has 96 valence electrons. The molecule has 2 heteroatoms. The molecule has 0 unspecified atom stereocenters. The number of benzene rings is 1. The molecule has 0 N–H and O–H groups in total. The highest BCUT2D eigenvalue weighted by molar-refractivity contribution is 5.30. The van der Waals surface area contributed by atoms with Gasteiger partial charge >= 0.3 is 0 Å². The van der Waals surface area contributed by atoms with Crippen LogP contribution in [-0.4, -0.2) is 25.0 Å². The van der Waals surface area contributed by atoms with Crippen LogP contribution in [0.1, 0.15) is 29.5 Å². The first-order chi connectivity index (χ1) is 8.54. The van der Waals surface area contributed by atoms with Crippen molar-refractivity contribution in [3.63, 3.8) is 0 Å². The zero-order chi connectivity index (χ0) is 13.2. The lowest BCUT2D eigenvalue weighted by Crippen LogP contribution is -2.28. The monoisotopic (exact) mass is 242 g/mol. The summed E-state index contributed by atoms with van der Waals surface area (Å²) < 4.78 is 0. The Kier molecular flexibility index (Phi) is 3.73.